The van der Waals surface area contributed by atoms with E-state index in [0.717, 1.165) is 24.2 Å². The molecule has 0 atom stereocenters. The number of nitrogens with zero attached hydrogens (tertiary/aromatic N) is 4. The Hall–Kier alpha value is -2.19. The summed E-state index contributed by atoms with van der Waals surface area (Å²) in [5.41, 5.74) is 1.74. The second-order valence-corrected chi connectivity index (χ2v) is 3.61. The van der Waals surface area contributed by atoms with E-state index >= 15 is 0 Å². The molecule has 0 saturated heterocycles. The van der Waals surface area contributed by atoms with Crippen molar-refractivity contribution >= 4 is 0 Å². The predicted octanol–water partition coefficient (Wildman–Crippen LogP) is 0.940. The summed E-state index contributed by atoms with van der Waals surface area (Å²) in [5, 5.41) is 19.8. The first-order valence-electron chi connectivity index (χ1n) is 5.43. The van der Waals surface area contributed by atoms with Gasteiger partial charge in [0.2, 0.25) is 0 Å². The molecule has 0 aliphatic rings. The summed E-state index contributed by atoms with van der Waals surface area (Å²) in [7, 11) is 0. The van der Waals surface area contributed by atoms with E-state index < -0.39 is 0 Å². The van der Waals surface area contributed by atoms with E-state index in [-0.39, 0.29) is 0 Å². The van der Waals surface area contributed by atoms with Gasteiger partial charge in [-0.2, -0.15) is 5.26 Å². The SMILES string of the molecule is N#Cc1ccccc1CNCCn1ccnn1. The molecule has 0 aliphatic heterocycles. The zero-order chi connectivity index (χ0) is 11.9. The van der Waals surface area contributed by atoms with Gasteiger partial charge in [0, 0.05) is 19.3 Å². The Kier molecular flexibility index (Phi) is 3.84. The molecule has 0 bridgehead atoms. The van der Waals surface area contributed by atoms with Crippen LogP contribution < -0.4 is 5.32 Å². The van der Waals surface area contributed by atoms with Crippen molar-refractivity contribution in [2.24, 2.45) is 0 Å². The molecule has 17 heavy (non-hydrogen) atoms. The number of nitriles is 1. The van der Waals surface area contributed by atoms with Gasteiger partial charge in [0.1, 0.15) is 0 Å². The molecule has 5 heteroatoms. The highest BCUT2D eigenvalue weighted by Gasteiger charge is 1.99. The average molecular weight is 227 g/mol. The topological polar surface area (TPSA) is 66.5 Å². The standard InChI is InChI=1S/C12H13N5/c13-9-11-3-1-2-4-12(11)10-14-5-7-17-8-6-15-16-17/h1-4,6,8,14H,5,7,10H2. The number of hydrogen-bond acceptors (Lipinski definition) is 4. The van der Waals surface area contributed by atoms with Gasteiger partial charge in [-0.05, 0) is 11.6 Å². The van der Waals surface area contributed by atoms with Crippen molar-refractivity contribution in [1.82, 2.24) is 20.3 Å². The monoisotopic (exact) mass is 227 g/mol. The van der Waals surface area contributed by atoms with Crippen molar-refractivity contribution in [3.8, 4) is 6.07 Å². The van der Waals surface area contributed by atoms with E-state index in [4.69, 9.17) is 5.26 Å². The zero-order valence-corrected chi connectivity index (χ0v) is 9.37. The first-order chi connectivity index (χ1) is 8.40. The maximum absolute atomic E-state index is 8.93. The Labute approximate surface area is 99.7 Å². The first-order valence-corrected chi connectivity index (χ1v) is 5.43. The lowest BCUT2D eigenvalue weighted by atomic mass is 10.1. The van der Waals surface area contributed by atoms with E-state index in [1.54, 1.807) is 10.9 Å². The van der Waals surface area contributed by atoms with Crippen LogP contribution in [-0.2, 0) is 13.1 Å². The first kappa shape index (κ1) is 11.3. The fourth-order valence-electron chi connectivity index (χ4n) is 1.55. The van der Waals surface area contributed by atoms with Gasteiger partial charge in [0.15, 0.2) is 0 Å². The Morgan fingerprint density at radius 2 is 2.24 bits per heavy atom. The van der Waals surface area contributed by atoms with Crippen LogP contribution in [0, 0.1) is 11.3 Å². The molecule has 1 aromatic carbocycles. The number of benzene rings is 1. The van der Waals surface area contributed by atoms with Crippen molar-refractivity contribution in [1.29, 1.82) is 5.26 Å². The minimum Gasteiger partial charge on any atom is -0.311 e. The summed E-state index contributed by atoms with van der Waals surface area (Å²) in [6.45, 7) is 2.26. The molecule has 0 spiro atoms. The minimum atomic E-state index is 0.693. The van der Waals surface area contributed by atoms with Crippen LogP contribution in [0.5, 0.6) is 0 Å². The van der Waals surface area contributed by atoms with Crippen LogP contribution in [-0.4, -0.2) is 21.5 Å². The fraction of sp³-hybridized carbons (Fsp3) is 0.250. The average Bonchev–Trinajstić information content (AvgIpc) is 2.88. The molecule has 2 rings (SSSR count). The van der Waals surface area contributed by atoms with Crippen LogP contribution in [0.25, 0.3) is 0 Å². The number of aromatic nitrogens is 3. The van der Waals surface area contributed by atoms with Crippen LogP contribution >= 0.6 is 0 Å². The summed E-state index contributed by atoms with van der Waals surface area (Å²) in [4.78, 5) is 0. The molecule has 86 valence electrons. The molecule has 2 aromatic rings. The summed E-state index contributed by atoms with van der Waals surface area (Å²) >= 11 is 0. The molecule has 1 N–H and O–H groups in total. The maximum atomic E-state index is 8.93. The summed E-state index contributed by atoms with van der Waals surface area (Å²) in [6.07, 6.45) is 3.48. The molecule has 0 aliphatic carbocycles. The van der Waals surface area contributed by atoms with E-state index in [1.807, 2.05) is 30.5 Å². The van der Waals surface area contributed by atoms with E-state index in [0.29, 0.717) is 6.54 Å². The molecule has 1 aromatic heterocycles. The van der Waals surface area contributed by atoms with Gasteiger partial charge >= 0.3 is 0 Å². The molecule has 0 unspecified atom stereocenters. The van der Waals surface area contributed by atoms with Crippen LogP contribution in [0.4, 0.5) is 0 Å². The van der Waals surface area contributed by atoms with Crippen molar-refractivity contribution in [2.45, 2.75) is 13.1 Å². The van der Waals surface area contributed by atoms with E-state index in [9.17, 15) is 0 Å². The van der Waals surface area contributed by atoms with Gasteiger partial charge in [0.25, 0.3) is 0 Å². The highest BCUT2D eigenvalue weighted by molar-refractivity contribution is 5.37. The summed E-state index contributed by atoms with van der Waals surface area (Å²) in [6, 6.07) is 9.78. The molecule has 0 fully saturated rings. The third-order valence-electron chi connectivity index (χ3n) is 2.44. The molecular weight excluding hydrogens is 214 g/mol. The Balaban J connectivity index is 1.80. The van der Waals surface area contributed by atoms with E-state index in [2.05, 4.69) is 21.7 Å². The van der Waals surface area contributed by atoms with E-state index in [1.165, 1.54) is 0 Å². The highest BCUT2D eigenvalue weighted by Crippen LogP contribution is 2.06. The normalized spacial score (nSPS) is 10.1. The largest absolute Gasteiger partial charge is 0.311 e. The van der Waals surface area contributed by atoms with Crippen molar-refractivity contribution in [3.63, 3.8) is 0 Å². The Morgan fingerprint density at radius 1 is 1.35 bits per heavy atom. The lowest BCUT2D eigenvalue weighted by molar-refractivity contribution is 0.540. The number of nitrogens with one attached hydrogen (secondary N) is 1. The van der Waals surface area contributed by atoms with Gasteiger partial charge < -0.3 is 5.32 Å². The van der Waals surface area contributed by atoms with Crippen molar-refractivity contribution in [3.05, 3.63) is 47.8 Å². The molecular formula is C12H13N5. The molecule has 0 radical (unpaired) electrons. The third kappa shape index (κ3) is 3.13. The Bertz CT molecular complexity index is 498. The second-order valence-electron chi connectivity index (χ2n) is 3.61. The smallest absolute Gasteiger partial charge is 0.0995 e. The van der Waals surface area contributed by atoms with Gasteiger partial charge in [-0.3, -0.25) is 4.68 Å². The molecule has 1 heterocycles. The van der Waals surface area contributed by atoms with Gasteiger partial charge in [-0.25, -0.2) is 0 Å². The third-order valence-corrected chi connectivity index (χ3v) is 2.44. The molecule has 0 saturated carbocycles. The number of hydrogen-bond donors (Lipinski definition) is 1. The van der Waals surface area contributed by atoms with Crippen LogP contribution in [0.3, 0.4) is 0 Å². The number of rotatable bonds is 5. The van der Waals surface area contributed by atoms with Crippen LogP contribution in [0.2, 0.25) is 0 Å². The quantitative estimate of drug-likeness (QED) is 0.772. The van der Waals surface area contributed by atoms with Crippen LogP contribution in [0.15, 0.2) is 36.7 Å². The highest BCUT2D eigenvalue weighted by atomic mass is 15.4. The van der Waals surface area contributed by atoms with Crippen molar-refractivity contribution < 1.29 is 0 Å². The Morgan fingerprint density at radius 3 is 3.00 bits per heavy atom. The lowest BCUT2D eigenvalue weighted by Gasteiger charge is -2.06. The molecule has 0 amide bonds. The van der Waals surface area contributed by atoms with Gasteiger partial charge in [-0.1, -0.05) is 23.4 Å². The van der Waals surface area contributed by atoms with Gasteiger partial charge in [-0.15, -0.1) is 5.10 Å². The molecule has 5 nitrogen and oxygen atoms in total. The van der Waals surface area contributed by atoms with Crippen LogP contribution in [0.1, 0.15) is 11.1 Å². The fourth-order valence-corrected chi connectivity index (χ4v) is 1.55. The lowest BCUT2D eigenvalue weighted by Crippen LogP contribution is -2.20. The predicted molar refractivity (Wildman–Crippen MR) is 62.9 cm³/mol. The zero-order valence-electron chi connectivity index (χ0n) is 9.37. The minimum absolute atomic E-state index is 0.693. The van der Waals surface area contributed by atoms with Gasteiger partial charge in [0.05, 0.1) is 24.4 Å². The maximum Gasteiger partial charge on any atom is 0.0995 e. The second kappa shape index (κ2) is 5.77. The summed E-state index contributed by atoms with van der Waals surface area (Å²) < 4.78 is 1.77. The summed E-state index contributed by atoms with van der Waals surface area (Å²) in [5.74, 6) is 0. The van der Waals surface area contributed by atoms with Crippen molar-refractivity contribution in [2.75, 3.05) is 6.54 Å².